The molecule has 8 heteroatoms. The van der Waals surface area contributed by atoms with Crippen molar-refractivity contribution in [2.45, 2.75) is 60.0 Å². The third-order valence-corrected chi connectivity index (χ3v) is 4.47. The van der Waals surface area contributed by atoms with Crippen molar-refractivity contribution in [1.29, 1.82) is 0 Å². The summed E-state index contributed by atoms with van der Waals surface area (Å²) in [4.78, 5) is 44.8. The molecule has 0 aliphatic carbocycles. The summed E-state index contributed by atoms with van der Waals surface area (Å²) in [7, 11) is 0. The van der Waals surface area contributed by atoms with Crippen molar-refractivity contribution in [2.75, 3.05) is 13.1 Å². The van der Waals surface area contributed by atoms with E-state index in [1.54, 1.807) is 6.07 Å². The maximum atomic E-state index is 12.9. The van der Waals surface area contributed by atoms with Crippen LogP contribution >= 0.6 is 0 Å². The maximum absolute atomic E-state index is 12.9. The van der Waals surface area contributed by atoms with E-state index in [2.05, 4.69) is 20.6 Å². The molecule has 28 heavy (non-hydrogen) atoms. The second kappa shape index (κ2) is 9.14. The Morgan fingerprint density at radius 2 is 1.89 bits per heavy atom. The molecule has 3 N–H and O–H groups in total. The van der Waals surface area contributed by atoms with Crippen LogP contribution in [-0.4, -0.2) is 39.6 Å². The fraction of sp³-hybridized carbons (Fsp3) is 0.600. The standard InChI is InChI=1S/C20H31N5O3/c1-7-21-13(6)9-22-18(26)14-8-15(12(4)5)23-17-16(14)19(27)24-20(28)25(17)10-11(2)3/h8,11-13,21H,7,9-10H2,1-6H3,(H,22,26)(H,24,27,28)/t13-/m1/s1. The Hall–Kier alpha value is -2.48. The van der Waals surface area contributed by atoms with E-state index in [1.165, 1.54) is 4.57 Å². The Kier molecular flexibility index (Phi) is 7.12. The van der Waals surface area contributed by atoms with Crippen LogP contribution < -0.4 is 21.9 Å². The molecule has 0 aromatic carbocycles. The Bertz CT molecular complexity index is 959. The van der Waals surface area contributed by atoms with E-state index in [-0.39, 0.29) is 40.4 Å². The second-order valence-electron chi connectivity index (χ2n) is 7.88. The van der Waals surface area contributed by atoms with Gasteiger partial charge in [-0.15, -0.1) is 0 Å². The number of fused-ring (bicyclic) bond motifs is 1. The van der Waals surface area contributed by atoms with Crippen molar-refractivity contribution < 1.29 is 4.79 Å². The van der Waals surface area contributed by atoms with E-state index in [0.29, 0.717) is 18.8 Å². The first-order valence-corrected chi connectivity index (χ1v) is 9.85. The van der Waals surface area contributed by atoms with Crippen molar-refractivity contribution in [2.24, 2.45) is 5.92 Å². The summed E-state index contributed by atoms with van der Waals surface area (Å²) in [6.45, 7) is 13.5. The Balaban J connectivity index is 2.65. The highest BCUT2D eigenvalue weighted by atomic mass is 16.2. The van der Waals surface area contributed by atoms with Gasteiger partial charge in [0, 0.05) is 24.8 Å². The third kappa shape index (κ3) is 4.86. The van der Waals surface area contributed by atoms with Crippen molar-refractivity contribution in [1.82, 2.24) is 25.2 Å². The lowest BCUT2D eigenvalue weighted by molar-refractivity contribution is 0.0951. The minimum atomic E-state index is -0.590. The van der Waals surface area contributed by atoms with Crippen LogP contribution in [0.5, 0.6) is 0 Å². The number of likely N-dealkylation sites (N-methyl/N-ethyl adjacent to an activating group) is 1. The van der Waals surface area contributed by atoms with Gasteiger partial charge in [0.05, 0.1) is 10.9 Å². The molecule has 0 spiro atoms. The molecule has 154 valence electrons. The molecule has 1 atom stereocenters. The normalized spacial score (nSPS) is 12.7. The van der Waals surface area contributed by atoms with Gasteiger partial charge in [-0.1, -0.05) is 34.6 Å². The molecule has 0 radical (unpaired) electrons. The molecule has 2 rings (SSSR count). The van der Waals surface area contributed by atoms with Gasteiger partial charge in [-0.3, -0.25) is 19.1 Å². The molecule has 2 heterocycles. The fourth-order valence-electron chi connectivity index (χ4n) is 3.06. The molecule has 2 aromatic heterocycles. The van der Waals surface area contributed by atoms with Gasteiger partial charge in [0.2, 0.25) is 0 Å². The Morgan fingerprint density at radius 1 is 1.21 bits per heavy atom. The smallest absolute Gasteiger partial charge is 0.330 e. The van der Waals surface area contributed by atoms with E-state index in [9.17, 15) is 14.4 Å². The molecule has 0 aliphatic heterocycles. The summed E-state index contributed by atoms with van der Waals surface area (Å²) in [5.74, 6) is -0.132. The summed E-state index contributed by atoms with van der Waals surface area (Å²) >= 11 is 0. The van der Waals surface area contributed by atoms with E-state index < -0.39 is 11.2 Å². The summed E-state index contributed by atoms with van der Waals surface area (Å²) in [6.07, 6.45) is 0. The molecule has 0 fully saturated rings. The molecule has 2 aromatic rings. The van der Waals surface area contributed by atoms with Gasteiger partial charge in [-0.2, -0.15) is 0 Å². The van der Waals surface area contributed by atoms with Crippen molar-refractivity contribution in [3.05, 3.63) is 38.2 Å². The summed E-state index contributed by atoms with van der Waals surface area (Å²) in [5, 5.41) is 6.25. The van der Waals surface area contributed by atoms with Crippen LogP contribution in [0.15, 0.2) is 15.7 Å². The number of hydrogen-bond donors (Lipinski definition) is 3. The highest BCUT2D eigenvalue weighted by Crippen LogP contribution is 2.20. The minimum absolute atomic E-state index is 0.0403. The number of carbonyl (C=O) groups is 1. The lowest BCUT2D eigenvalue weighted by atomic mass is 10.0. The lowest BCUT2D eigenvalue weighted by Crippen LogP contribution is -2.39. The van der Waals surface area contributed by atoms with Gasteiger partial charge in [-0.25, -0.2) is 9.78 Å². The van der Waals surface area contributed by atoms with E-state index in [4.69, 9.17) is 0 Å². The number of aromatic nitrogens is 3. The number of aromatic amines is 1. The van der Waals surface area contributed by atoms with Crippen LogP contribution in [0.25, 0.3) is 11.0 Å². The Labute approximate surface area is 164 Å². The van der Waals surface area contributed by atoms with Gasteiger partial charge >= 0.3 is 5.69 Å². The van der Waals surface area contributed by atoms with Crippen molar-refractivity contribution >= 4 is 16.9 Å². The number of amides is 1. The number of nitrogens with one attached hydrogen (secondary N) is 3. The third-order valence-electron chi connectivity index (χ3n) is 4.47. The van der Waals surface area contributed by atoms with Crippen LogP contribution in [0.3, 0.4) is 0 Å². The largest absolute Gasteiger partial charge is 0.350 e. The van der Waals surface area contributed by atoms with Gasteiger partial charge in [-0.05, 0) is 31.4 Å². The highest BCUT2D eigenvalue weighted by Gasteiger charge is 2.21. The topological polar surface area (TPSA) is 109 Å². The quantitative estimate of drug-likeness (QED) is 0.635. The van der Waals surface area contributed by atoms with Crippen LogP contribution in [-0.2, 0) is 6.54 Å². The van der Waals surface area contributed by atoms with E-state index >= 15 is 0 Å². The summed E-state index contributed by atoms with van der Waals surface area (Å²) in [6, 6.07) is 1.75. The van der Waals surface area contributed by atoms with Gasteiger partial charge < -0.3 is 10.6 Å². The maximum Gasteiger partial charge on any atom is 0.330 e. The molecule has 0 bridgehead atoms. The number of H-pyrrole nitrogens is 1. The minimum Gasteiger partial charge on any atom is -0.350 e. The van der Waals surface area contributed by atoms with Crippen molar-refractivity contribution in [3.8, 4) is 0 Å². The number of pyridine rings is 1. The number of carbonyl (C=O) groups excluding carboxylic acids is 1. The van der Waals surface area contributed by atoms with Gasteiger partial charge in [0.15, 0.2) is 5.65 Å². The number of nitrogens with zero attached hydrogens (tertiary/aromatic N) is 2. The molecule has 8 nitrogen and oxygen atoms in total. The first kappa shape index (κ1) is 21.8. The van der Waals surface area contributed by atoms with Gasteiger partial charge in [0.1, 0.15) is 0 Å². The van der Waals surface area contributed by atoms with Crippen LogP contribution in [0.4, 0.5) is 0 Å². The molecular formula is C20H31N5O3. The first-order valence-electron chi connectivity index (χ1n) is 9.85. The predicted molar refractivity (Wildman–Crippen MR) is 111 cm³/mol. The predicted octanol–water partition coefficient (Wildman–Crippen LogP) is 1.59. The lowest BCUT2D eigenvalue weighted by Gasteiger charge is -2.17. The average molecular weight is 390 g/mol. The Morgan fingerprint density at radius 3 is 2.46 bits per heavy atom. The molecule has 0 unspecified atom stereocenters. The zero-order valence-electron chi connectivity index (χ0n) is 17.5. The zero-order valence-corrected chi connectivity index (χ0v) is 17.5. The van der Waals surface area contributed by atoms with Crippen LogP contribution in [0.1, 0.15) is 63.5 Å². The summed E-state index contributed by atoms with van der Waals surface area (Å²) < 4.78 is 1.45. The average Bonchev–Trinajstić information content (AvgIpc) is 2.62. The molecule has 1 amide bonds. The first-order chi connectivity index (χ1) is 13.1. The highest BCUT2D eigenvalue weighted by molar-refractivity contribution is 6.05. The monoisotopic (exact) mass is 389 g/mol. The van der Waals surface area contributed by atoms with Crippen LogP contribution in [0, 0.1) is 5.92 Å². The SMILES string of the molecule is CCN[C@H](C)CNC(=O)c1cc(C(C)C)nc2c1c(=O)[nH]c(=O)n2CC(C)C. The van der Waals surface area contributed by atoms with E-state index in [1.807, 2.05) is 41.5 Å². The number of rotatable bonds is 8. The van der Waals surface area contributed by atoms with Crippen LogP contribution in [0.2, 0.25) is 0 Å². The molecule has 0 aliphatic rings. The fourth-order valence-corrected chi connectivity index (χ4v) is 3.06. The zero-order chi connectivity index (χ0) is 21.0. The van der Waals surface area contributed by atoms with Crippen molar-refractivity contribution in [3.63, 3.8) is 0 Å². The molecule has 0 saturated heterocycles. The second-order valence-corrected chi connectivity index (χ2v) is 7.88. The summed E-state index contributed by atoms with van der Waals surface area (Å²) in [5.41, 5.74) is 0.0778. The number of hydrogen-bond acceptors (Lipinski definition) is 5. The molecular weight excluding hydrogens is 358 g/mol. The van der Waals surface area contributed by atoms with Gasteiger partial charge in [0.25, 0.3) is 11.5 Å². The van der Waals surface area contributed by atoms with E-state index in [0.717, 1.165) is 6.54 Å². The molecule has 0 saturated carbocycles.